The predicted molar refractivity (Wildman–Crippen MR) is 88.8 cm³/mol. The zero-order chi connectivity index (χ0) is 15.2. The van der Waals surface area contributed by atoms with Crippen molar-refractivity contribution in [2.24, 2.45) is 0 Å². The van der Waals surface area contributed by atoms with Crippen molar-refractivity contribution in [1.29, 1.82) is 0 Å². The summed E-state index contributed by atoms with van der Waals surface area (Å²) in [4.78, 5) is 0. The third kappa shape index (κ3) is 3.77. The fourth-order valence-corrected chi connectivity index (χ4v) is 2.13. The Bertz CT molecular complexity index is 697. The molecule has 0 atom stereocenters. The highest BCUT2D eigenvalue weighted by atomic mass is 16.5. The van der Waals surface area contributed by atoms with E-state index >= 15 is 0 Å². The maximum atomic E-state index is 5.15. The quantitative estimate of drug-likeness (QED) is 0.595. The first kappa shape index (κ1) is 14.9. The molecule has 2 rings (SSSR count). The van der Waals surface area contributed by atoms with Crippen molar-refractivity contribution in [3.63, 3.8) is 0 Å². The molecule has 1 heteroatoms. The van der Waals surface area contributed by atoms with Crippen LogP contribution in [0.2, 0.25) is 0 Å². The van der Waals surface area contributed by atoms with E-state index in [-0.39, 0.29) is 0 Å². The molecule has 1 nitrogen and oxygen atoms in total. The molecule has 2 aromatic carbocycles. The summed E-state index contributed by atoms with van der Waals surface area (Å²) in [6.07, 6.45) is 2.76. The first-order valence-corrected chi connectivity index (χ1v) is 7.01. The smallest absolute Gasteiger partial charge is 0.118 e. The Kier molecular flexibility index (Phi) is 4.85. The van der Waals surface area contributed by atoms with E-state index in [4.69, 9.17) is 4.74 Å². The summed E-state index contributed by atoms with van der Waals surface area (Å²) in [5.41, 5.74) is 5.85. The number of benzene rings is 2. The summed E-state index contributed by atoms with van der Waals surface area (Å²) in [6.45, 7) is 8.07. The second-order valence-corrected chi connectivity index (χ2v) is 5.06. The highest BCUT2D eigenvalue weighted by Crippen LogP contribution is 2.17. The van der Waals surface area contributed by atoms with E-state index in [2.05, 4.69) is 44.4 Å². The van der Waals surface area contributed by atoms with Crippen molar-refractivity contribution in [3.05, 3.63) is 76.9 Å². The minimum Gasteiger partial charge on any atom is -0.497 e. The zero-order valence-corrected chi connectivity index (χ0v) is 12.9. The molecule has 0 saturated heterocycles. The number of allylic oxidation sites excluding steroid dienone is 1. The lowest BCUT2D eigenvalue weighted by molar-refractivity contribution is 0.415. The normalized spacial score (nSPS) is 9.67. The molecule has 106 valence electrons. The Morgan fingerprint density at radius 3 is 2.33 bits per heavy atom. The number of hydrogen-bond donors (Lipinski definition) is 0. The summed E-state index contributed by atoms with van der Waals surface area (Å²) in [6, 6.07) is 12.2. The van der Waals surface area contributed by atoms with Crippen molar-refractivity contribution >= 4 is 0 Å². The maximum Gasteiger partial charge on any atom is 0.118 e. The van der Waals surface area contributed by atoms with Gasteiger partial charge in [0.2, 0.25) is 0 Å². The molecule has 0 N–H and O–H groups in total. The van der Waals surface area contributed by atoms with Crippen molar-refractivity contribution in [1.82, 2.24) is 0 Å². The minimum absolute atomic E-state index is 0.841. The molecule has 0 radical (unpaired) electrons. The summed E-state index contributed by atoms with van der Waals surface area (Å²) in [5, 5.41) is 0. The van der Waals surface area contributed by atoms with Gasteiger partial charge in [-0.1, -0.05) is 24.0 Å². The SMILES string of the molecule is C=CCc1cc(C)c(C)cc1C#Cc1ccc(OC)cc1. The number of rotatable bonds is 3. The van der Waals surface area contributed by atoms with Gasteiger partial charge in [-0.2, -0.15) is 0 Å². The van der Waals surface area contributed by atoms with Crippen molar-refractivity contribution in [2.45, 2.75) is 20.3 Å². The van der Waals surface area contributed by atoms with Crippen LogP contribution in [0.3, 0.4) is 0 Å². The highest BCUT2D eigenvalue weighted by molar-refractivity contribution is 5.50. The lowest BCUT2D eigenvalue weighted by Crippen LogP contribution is -1.92. The zero-order valence-electron chi connectivity index (χ0n) is 12.9. The van der Waals surface area contributed by atoms with E-state index < -0.39 is 0 Å². The average molecular weight is 276 g/mol. The molecule has 0 saturated carbocycles. The Hall–Kier alpha value is -2.46. The molecule has 2 aromatic rings. The number of ether oxygens (including phenoxy) is 1. The first-order chi connectivity index (χ1) is 10.1. The van der Waals surface area contributed by atoms with Crippen LogP contribution in [0, 0.1) is 25.7 Å². The van der Waals surface area contributed by atoms with Gasteiger partial charge in [0.25, 0.3) is 0 Å². The molecule has 0 bridgehead atoms. The van der Waals surface area contributed by atoms with Gasteiger partial charge in [0.15, 0.2) is 0 Å². The van der Waals surface area contributed by atoms with E-state index in [9.17, 15) is 0 Å². The van der Waals surface area contributed by atoms with Crippen LogP contribution < -0.4 is 4.74 Å². The van der Waals surface area contributed by atoms with Crippen molar-refractivity contribution in [2.75, 3.05) is 7.11 Å². The van der Waals surface area contributed by atoms with E-state index in [0.29, 0.717) is 0 Å². The van der Waals surface area contributed by atoms with E-state index in [1.807, 2.05) is 30.3 Å². The van der Waals surface area contributed by atoms with E-state index in [1.165, 1.54) is 16.7 Å². The van der Waals surface area contributed by atoms with Crippen LogP contribution in [0.4, 0.5) is 0 Å². The van der Waals surface area contributed by atoms with Crippen LogP contribution in [0.1, 0.15) is 27.8 Å². The Labute approximate surface area is 127 Å². The fraction of sp³-hybridized carbons (Fsp3) is 0.200. The predicted octanol–water partition coefficient (Wildman–Crippen LogP) is 4.44. The van der Waals surface area contributed by atoms with E-state index in [1.54, 1.807) is 7.11 Å². The molecule has 0 spiro atoms. The highest BCUT2D eigenvalue weighted by Gasteiger charge is 2.02. The van der Waals surface area contributed by atoms with Crippen LogP contribution in [0.5, 0.6) is 5.75 Å². The van der Waals surface area contributed by atoms with Gasteiger partial charge in [-0.05, 0) is 67.3 Å². The molecule has 0 unspecified atom stereocenters. The topological polar surface area (TPSA) is 9.23 Å². The summed E-state index contributed by atoms with van der Waals surface area (Å²) >= 11 is 0. The number of methoxy groups -OCH3 is 1. The van der Waals surface area contributed by atoms with Crippen molar-refractivity contribution in [3.8, 4) is 17.6 Å². The van der Waals surface area contributed by atoms with Crippen molar-refractivity contribution < 1.29 is 4.74 Å². The minimum atomic E-state index is 0.841. The summed E-state index contributed by atoms with van der Waals surface area (Å²) in [5.74, 6) is 7.35. The van der Waals surface area contributed by atoms with Crippen LogP contribution in [0.15, 0.2) is 49.1 Å². The largest absolute Gasteiger partial charge is 0.497 e. The molecular formula is C20H20O. The summed E-state index contributed by atoms with van der Waals surface area (Å²) < 4.78 is 5.15. The second-order valence-electron chi connectivity index (χ2n) is 5.06. The molecule has 0 heterocycles. The third-order valence-corrected chi connectivity index (χ3v) is 3.52. The number of hydrogen-bond acceptors (Lipinski definition) is 1. The molecule has 0 fully saturated rings. The average Bonchev–Trinajstić information content (AvgIpc) is 2.50. The molecule has 0 aliphatic carbocycles. The van der Waals surface area contributed by atoms with Gasteiger partial charge in [0, 0.05) is 11.1 Å². The van der Waals surface area contributed by atoms with Crippen LogP contribution in [-0.4, -0.2) is 7.11 Å². The molecule has 0 amide bonds. The van der Waals surface area contributed by atoms with Gasteiger partial charge < -0.3 is 4.74 Å². The van der Waals surface area contributed by atoms with Gasteiger partial charge in [-0.3, -0.25) is 0 Å². The molecular weight excluding hydrogens is 256 g/mol. The van der Waals surface area contributed by atoms with Gasteiger partial charge >= 0.3 is 0 Å². The van der Waals surface area contributed by atoms with Crippen LogP contribution in [0.25, 0.3) is 0 Å². The van der Waals surface area contributed by atoms with Crippen LogP contribution >= 0.6 is 0 Å². The Morgan fingerprint density at radius 1 is 1.05 bits per heavy atom. The number of aryl methyl sites for hydroxylation is 2. The van der Waals surface area contributed by atoms with Crippen LogP contribution in [-0.2, 0) is 6.42 Å². The second kappa shape index (κ2) is 6.81. The van der Waals surface area contributed by atoms with Gasteiger partial charge in [-0.15, -0.1) is 6.58 Å². The third-order valence-electron chi connectivity index (χ3n) is 3.52. The lowest BCUT2D eigenvalue weighted by Gasteiger charge is -2.07. The maximum absolute atomic E-state index is 5.15. The molecule has 0 aliphatic heterocycles. The molecule has 21 heavy (non-hydrogen) atoms. The standard InChI is InChI=1S/C20H20O/c1-5-6-18-13-15(2)16(3)14-19(18)10-7-17-8-11-20(21-4)12-9-17/h5,8-9,11-14H,1,6H2,2-4H3. The van der Waals surface area contributed by atoms with Gasteiger partial charge in [0.1, 0.15) is 5.75 Å². The molecule has 0 aromatic heterocycles. The Morgan fingerprint density at radius 2 is 1.71 bits per heavy atom. The van der Waals surface area contributed by atoms with Gasteiger partial charge in [0.05, 0.1) is 7.11 Å². The monoisotopic (exact) mass is 276 g/mol. The lowest BCUT2D eigenvalue weighted by atomic mass is 9.98. The Balaban J connectivity index is 2.36. The summed E-state index contributed by atoms with van der Waals surface area (Å²) in [7, 11) is 1.66. The van der Waals surface area contributed by atoms with E-state index in [0.717, 1.165) is 23.3 Å². The fourth-order valence-electron chi connectivity index (χ4n) is 2.13. The van der Waals surface area contributed by atoms with Gasteiger partial charge in [-0.25, -0.2) is 0 Å². The molecule has 0 aliphatic rings. The first-order valence-electron chi connectivity index (χ1n) is 7.01.